The molecule has 20 heavy (non-hydrogen) atoms. The molecular weight excluding hydrogens is 273 g/mol. The SMILES string of the molecule is Nc1ccc(C(=O)Nc2ccccc2C(F)(F)F)nn1. The van der Waals surface area contributed by atoms with E-state index in [-0.39, 0.29) is 17.2 Å². The van der Waals surface area contributed by atoms with Crippen LogP contribution in [-0.2, 0) is 6.18 Å². The quantitative estimate of drug-likeness (QED) is 0.885. The van der Waals surface area contributed by atoms with Crippen LogP contribution in [0.25, 0.3) is 0 Å². The Morgan fingerprint density at radius 1 is 1.10 bits per heavy atom. The Morgan fingerprint density at radius 2 is 1.80 bits per heavy atom. The lowest BCUT2D eigenvalue weighted by Crippen LogP contribution is -2.18. The molecule has 1 aromatic heterocycles. The van der Waals surface area contributed by atoms with Crippen molar-refractivity contribution in [2.24, 2.45) is 0 Å². The van der Waals surface area contributed by atoms with Gasteiger partial charge in [0.25, 0.3) is 5.91 Å². The van der Waals surface area contributed by atoms with E-state index in [1.165, 1.54) is 24.3 Å². The van der Waals surface area contributed by atoms with Crippen molar-refractivity contribution in [2.45, 2.75) is 6.18 Å². The molecule has 1 aromatic carbocycles. The maximum absolute atomic E-state index is 12.8. The standard InChI is InChI=1S/C12H9F3N4O/c13-12(14,15)7-3-1-2-4-8(7)17-11(20)9-5-6-10(16)19-18-9/h1-6H,(H2,16,19)(H,17,20). The Morgan fingerprint density at radius 3 is 2.40 bits per heavy atom. The second-order valence-corrected chi connectivity index (χ2v) is 3.84. The summed E-state index contributed by atoms with van der Waals surface area (Å²) in [6.45, 7) is 0. The van der Waals surface area contributed by atoms with E-state index in [9.17, 15) is 18.0 Å². The molecule has 0 saturated heterocycles. The smallest absolute Gasteiger partial charge is 0.382 e. The number of carbonyl (C=O) groups excluding carboxylic acids is 1. The highest BCUT2D eigenvalue weighted by Gasteiger charge is 2.33. The van der Waals surface area contributed by atoms with Crippen molar-refractivity contribution < 1.29 is 18.0 Å². The van der Waals surface area contributed by atoms with Gasteiger partial charge in [0, 0.05) is 0 Å². The van der Waals surface area contributed by atoms with Crippen LogP contribution < -0.4 is 11.1 Å². The van der Waals surface area contributed by atoms with Crippen LogP contribution in [0.5, 0.6) is 0 Å². The Kier molecular flexibility index (Phi) is 3.55. The molecular formula is C12H9F3N4O. The number of nitrogens with two attached hydrogens (primary N) is 1. The van der Waals surface area contributed by atoms with Gasteiger partial charge in [0.1, 0.15) is 5.82 Å². The zero-order valence-electron chi connectivity index (χ0n) is 9.98. The third kappa shape index (κ3) is 3.02. The highest BCUT2D eigenvalue weighted by atomic mass is 19.4. The van der Waals surface area contributed by atoms with Gasteiger partial charge < -0.3 is 11.1 Å². The van der Waals surface area contributed by atoms with E-state index in [1.807, 2.05) is 0 Å². The zero-order valence-corrected chi connectivity index (χ0v) is 9.98. The van der Waals surface area contributed by atoms with Gasteiger partial charge in [-0.25, -0.2) is 0 Å². The van der Waals surface area contributed by atoms with Crippen LogP contribution in [0.4, 0.5) is 24.7 Å². The number of nitrogen functional groups attached to an aromatic ring is 1. The van der Waals surface area contributed by atoms with Crippen LogP contribution in [0.15, 0.2) is 36.4 Å². The zero-order chi connectivity index (χ0) is 14.8. The number of halogens is 3. The van der Waals surface area contributed by atoms with Crippen molar-refractivity contribution in [1.29, 1.82) is 0 Å². The van der Waals surface area contributed by atoms with Crippen LogP contribution in [-0.4, -0.2) is 16.1 Å². The molecule has 0 saturated carbocycles. The molecule has 3 N–H and O–H groups in total. The third-order valence-corrected chi connectivity index (χ3v) is 2.40. The molecule has 0 bridgehead atoms. The number of aromatic nitrogens is 2. The minimum atomic E-state index is -4.56. The lowest BCUT2D eigenvalue weighted by Gasteiger charge is -2.13. The molecule has 0 atom stereocenters. The minimum Gasteiger partial charge on any atom is -0.382 e. The number of rotatable bonds is 2. The number of para-hydroxylation sites is 1. The van der Waals surface area contributed by atoms with Crippen LogP contribution in [0, 0.1) is 0 Å². The lowest BCUT2D eigenvalue weighted by atomic mass is 10.1. The van der Waals surface area contributed by atoms with Crippen LogP contribution >= 0.6 is 0 Å². The number of hydrogen-bond acceptors (Lipinski definition) is 4. The molecule has 5 nitrogen and oxygen atoms in total. The van der Waals surface area contributed by atoms with Crippen molar-refractivity contribution in [2.75, 3.05) is 11.1 Å². The average molecular weight is 282 g/mol. The Hall–Kier alpha value is -2.64. The molecule has 104 valence electrons. The number of nitrogens with one attached hydrogen (secondary N) is 1. The van der Waals surface area contributed by atoms with Gasteiger partial charge in [0.15, 0.2) is 5.69 Å². The molecule has 0 unspecified atom stereocenters. The van der Waals surface area contributed by atoms with Crippen molar-refractivity contribution in [3.8, 4) is 0 Å². The number of hydrogen-bond donors (Lipinski definition) is 2. The molecule has 0 spiro atoms. The molecule has 2 rings (SSSR count). The largest absolute Gasteiger partial charge is 0.418 e. The molecule has 0 aliphatic heterocycles. The van der Waals surface area contributed by atoms with E-state index in [4.69, 9.17) is 5.73 Å². The number of carbonyl (C=O) groups is 1. The first-order valence-corrected chi connectivity index (χ1v) is 5.44. The molecule has 0 fully saturated rings. The molecule has 0 aliphatic carbocycles. The summed E-state index contributed by atoms with van der Waals surface area (Å²) in [7, 11) is 0. The van der Waals surface area contributed by atoms with E-state index in [1.54, 1.807) is 0 Å². The number of anilines is 2. The summed E-state index contributed by atoms with van der Waals surface area (Å²) < 4.78 is 38.3. The number of nitrogens with zero attached hydrogens (tertiary/aromatic N) is 2. The molecule has 1 heterocycles. The van der Waals surface area contributed by atoms with E-state index < -0.39 is 17.6 Å². The van der Waals surface area contributed by atoms with E-state index in [0.29, 0.717) is 0 Å². The summed E-state index contributed by atoms with van der Waals surface area (Å²) in [4.78, 5) is 11.8. The summed E-state index contributed by atoms with van der Waals surface area (Å²) in [6.07, 6.45) is -4.56. The second kappa shape index (κ2) is 5.16. The molecule has 0 radical (unpaired) electrons. The van der Waals surface area contributed by atoms with Gasteiger partial charge in [-0.1, -0.05) is 12.1 Å². The first kappa shape index (κ1) is 13.8. The van der Waals surface area contributed by atoms with Crippen molar-refractivity contribution in [3.63, 3.8) is 0 Å². The first-order valence-electron chi connectivity index (χ1n) is 5.44. The fourth-order valence-electron chi connectivity index (χ4n) is 1.49. The highest BCUT2D eigenvalue weighted by molar-refractivity contribution is 6.03. The fraction of sp³-hybridized carbons (Fsp3) is 0.0833. The van der Waals surface area contributed by atoms with Gasteiger partial charge in [-0.2, -0.15) is 13.2 Å². The van der Waals surface area contributed by atoms with Crippen molar-refractivity contribution in [3.05, 3.63) is 47.7 Å². The Balaban J connectivity index is 2.26. The number of benzene rings is 1. The number of alkyl halides is 3. The first-order chi connectivity index (χ1) is 9.38. The minimum absolute atomic E-state index is 0.109. The van der Waals surface area contributed by atoms with Gasteiger partial charge in [-0.3, -0.25) is 4.79 Å². The Labute approximate surface area is 111 Å². The maximum Gasteiger partial charge on any atom is 0.418 e. The van der Waals surface area contributed by atoms with E-state index in [0.717, 1.165) is 12.1 Å². The van der Waals surface area contributed by atoms with Gasteiger partial charge in [0.2, 0.25) is 0 Å². The van der Waals surface area contributed by atoms with Crippen LogP contribution in [0.2, 0.25) is 0 Å². The number of amides is 1. The molecule has 1 amide bonds. The summed E-state index contributed by atoms with van der Waals surface area (Å²) in [5.74, 6) is -0.688. The van der Waals surface area contributed by atoms with Gasteiger partial charge in [-0.05, 0) is 24.3 Å². The molecule has 8 heteroatoms. The summed E-state index contributed by atoms with van der Waals surface area (Å²) >= 11 is 0. The predicted molar refractivity (Wildman–Crippen MR) is 65.8 cm³/mol. The second-order valence-electron chi connectivity index (χ2n) is 3.84. The third-order valence-electron chi connectivity index (χ3n) is 2.40. The maximum atomic E-state index is 12.8. The lowest BCUT2D eigenvalue weighted by molar-refractivity contribution is -0.136. The topological polar surface area (TPSA) is 80.9 Å². The summed E-state index contributed by atoms with van der Waals surface area (Å²) in [5.41, 5.74) is 3.90. The van der Waals surface area contributed by atoms with Gasteiger partial charge in [0.05, 0.1) is 11.3 Å². The summed E-state index contributed by atoms with van der Waals surface area (Å²) in [5, 5.41) is 9.11. The van der Waals surface area contributed by atoms with Gasteiger partial charge >= 0.3 is 6.18 Å². The van der Waals surface area contributed by atoms with E-state index in [2.05, 4.69) is 15.5 Å². The van der Waals surface area contributed by atoms with Gasteiger partial charge in [-0.15, -0.1) is 10.2 Å². The molecule has 0 aliphatic rings. The average Bonchev–Trinajstić information content (AvgIpc) is 2.38. The van der Waals surface area contributed by atoms with Crippen LogP contribution in [0.3, 0.4) is 0 Å². The normalized spacial score (nSPS) is 11.2. The monoisotopic (exact) mass is 282 g/mol. The van der Waals surface area contributed by atoms with Crippen molar-refractivity contribution in [1.82, 2.24) is 10.2 Å². The Bertz CT molecular complexity index is 625. The highest BCUT2D eigenvalue weighted by Crippen LogP contribution is 2.34. The predicted octanol–water partition coefficient (Wildman–Crippen LogP) is 2.33. The summed E-state index contributed by atoms with van der Waals surface area (Å²) in [6, 6.07) is 7.27. The van der Waals surface area contributed by atoms with E-state index >= 15 is 0 Å². The fourth-order valence-corrected chi connectivity index (χ4v) is 1.49. The van der Waals surface area contributed by atoms with Crippen LogP contribution in [0.1, 0.15) is 16.1 Å². The van der Waals surface area contributed by atoms with Crippen molar-refractivity contribution >= 4 is 17.4 Å². The molecule has 2 aromatic rings.